The number of carbonyl (C=O) groups excluding carboxylic acids is 1. The van der Waals surface area contributed by atoms with Gasteiger partial charge >= 0.3 is 0 Å². The second-order valence-electron chi connectivity index (χ2n) is 3.70. The number of hydrogen-bond acceptors (Lipinski definition) is 3. The molecule has 1 amide bonds. The van der Waals surface area contributed by atoms with E-state index >= 15 is 0 Å². The van der Waals surface area contributed by atoms with E-state index in [2.05, 4.69) is 15.5 Å². The fourth-order valence-electron chi connectivity index (χ4n) is 1.37. The first kappa shape index (κ1) is 12.1. The van der Waals surface area contributed by atoms with Crippen LogP contribution in [0.2, 0.25) is 0 Å². The molecule has 0 saturated carbocycles. The predicted molar refractivity (Wildman–Crippen MR) is 63.8 cm³/mol. The van der Waals surface area contributed by atoms with Gasteiger partial charge in [0.05, 0.1) is 0 Å². The summed E-state index contributed by atoms with van der Waals surface area (Å²) < 4.78 is 18.2. The van der Waals surface area contributed by atoms with Crippen molar-refractivity contribution >= 4 is 11.7 Å². The molecule has 0 fully saturated rings. The molecular formula is C12H12FN3O2. The van der Waals surface area contributed by atoms with E-state index in [4.69, 9.17) is 4.74 Å². The van der Waals surface area contributed by atoms with Gasteiger partial charge in [-0.1, -0.05) is 12.1 Å². The number of aryl methyl sites for hydroxylation is 1. The Morgan fingerprint density at radius 2 is 2.28 bits per heavy atom. The van der Waals surface area contributed by atoms with Crippen LogP contribution in [0.3, 0.4) is 0 Å². The van der Waals surface area contributed by atoms with Gasteiger partial charge < -0.3 is 10.1 Å². The van der Waals surface area contributed by atoms with Gasteiger partial charge in [0, 0.05) is 11.8 Å². The smallest absolute Gasteiger partial charge is 0.263 e. The zero-order valence-electron chi connectivity index (χ0n) is 9.74. The molecule has 2 rings (SSSR count). The number of halogens is 1. The summed E-state index contributed by atoms with van der Waals surface area (Å²) in [6.45, 7) is 1.55. The third-order valence-electron chi connectivity index (χ3n) is 2.17. The Hall–Kier alpha value is -2.37. The summed E-state index contributed by atoms with van der Waals surface area (Å²) in [5, 5.41) is 9.06. The van der Waals surface area contributed by atoms with Crippen LogP contribution in [0.15, 0.2) is 30.3 Å². The van der Waals surface area contributed by atoms with Gasteiger partial charge in [0.15, 0.2) is 24.0 Å². The molecule has 1 aromatic carbocycles. The van der Waals surface area contributed by atoms with Crippen molar-refractivity contribution in [3.05, 3.63) is 41.8 Å². The minimum Gasteiger partial charge on any atom is -0.481 e. The molecule has 0 aliphatic heterocycles. The largest absolute Gasteiger partial charge is 0.481 e. The van der Waals surface area contributed by atoms with Crippen molar-refractivity contribution in [3.8, 4) is 5.75 Å². The Kier molecular flexibility index (Phi) is 3.57. The van der Waals surface area contributed by atoms with Crippen molar-refractivity contribution in [2.24, 2.45) is 0 Å². The lowest BCUT2D eigenvalue weighted by atomic mass is 10.3. The minimum absolute atomic E-state index is 0.0471. The molecule has 0 radical (unpaired) electrons. The molecule has 0 aliphatic carbocycles. The average molecular weight is 249 g/mol. The summed E-state index contributed by atoms with van der Waals surface area (Å²) in [4.78, 5) is 11.5. The first-order valence-electron chi connectivity index (χ1n) is 5.34. The molecule has 2 aromatic rings. The summed E-state index contributed by atoms with van der Waals surface area (Å²) in [6.07, 6.45) is 0. The van der Waals surface area contributed by atoms with E-state index in [1.165, 1.54) is 12.1 Å². The second kappa shape index (κ2) is 5.31. The van der Waals surface area contributed by atoms with Crippen molar-refractivity contribution < 1.29 is 13.9 Å². The highest BCUT2D eigenvalue weighted by molar-refractivity contribution is 5.90. The molecule has 5 nitrogen and oxygen atoms in total. The minimum atomic E-state index is -0.499. The van der Waals surface area contributed by atoms with E-state index in [9.17, 15) is 9.18 Å². The van der Waals surface area contributed by atoms with Crippen molar-refractivity contribution in [2.75, 3.05) is 11.9 Å². The number of carbonyl (C=O) groups is 1. The van der Waals surface area contributed by atoms with E-state index in [1.807, 2.05) is 6.92 Å². The molecule has 6 heteroatoms. The van der Waals surface area contributed by atoms with Crippen LogP contribution in [0.5, 0.6) is 5.75 Å². The monoisotopic (exact) mass is 249 g/mol. The quantitative estimate of drug-likeness (QED) is 0.869. The van der Waals surface area contributed by atoms with Crippen LogP contribution < -0.4 is 10.1 Å². The standard InChI is InChI=1S/C12H12FN3O2/c1-8-6-11(16-15-8)14-12(17)7-18-10-5-3-2-4-9(10)13/h2-6H,7H2,1H3,(H2,14,15,16,17). The average Bonchev–Trinajstić information content (AvgIpc) is 2.74. The van der Waals surface area contributed by atoms with E-state index in [0.717, 1.165) is 5.69 Å². The summed E-state index contributed by atoms with van der Waals surface area (Å²) in [5.74, 6) is -0.439. The number of para-hydroxylation sites is 1. The van der Waals surface area contributed by atoms with E-state index in [1.54, 1.807) is 18.2 Å². The maximum Gasteiger partial charge on any atom is 0.263 e. The highest BCUT2D eigenvalue weighted by Crippen LogP contribution is 2.15. The highest BCUT2D eigenvalue weighted by Gasteiger charge is 2.07. The van der Waals surface area contributed by atoms with Crippen LogP contribution in [-0.2, 0) is 4.79 Å². The fourth-order valence-corrected chi connectivity index (χ4v) is 1.37. The maximum absolute atomic E-state index is 13.2. The first-order chi connectivity index (χ1) is 8.65. The maximum atomic E-state index is 13.2. The number of aromatic amines is 1. The second-order valence-corrected chi connectivity index (χ2v) is 3.70. The predicted octanol–water partition coefficient (Wildman–Crippen LogP) is 1.87. The van der Waals surface area contributed by atoms with Crippen molar-refractivity contribution in [1.29, 1.82) is 0 Å². The van der Waals surface area contributed by atoms with Crippen LogP contribution >= 0.6 is 0 Å². The van der Waals surface area contributed by atoms with Gasteiger partial charge in [-0.05, 0) is 19.1 Å². The molecule has 18 heavy (non-hydrogen) atoms. The Labute approximate surface area is 103 Å². The molecule has 1 heterocycles. The van der Waals surface area contributed by atoms with Gasteiger partial charge in [-0.25, -0.2) is 4.39 Å². The Bertz CT molecular complexity index is 554. The Morgan fingerprint density at radius 1 is 1.50 bits per heavy atom. The first-order valence-corrected chi connectivity index (χ1v) is 5.34. The zero-order chi connectivity index (χ0) is 13.0. The molecule has 2 N–H and O–H groups in total. The van der Waals surface area contributed by atoms with Crippen molar-refractivity contribution in [2.45, 2.75) is 6.92 Å². The lowest BCUT2D eigenvalue weighted by Crippen LogP contribution is -2.20. The summed E-state index contributed by atoms with van der Waals surface area (Å²) in [5.41, 5.74) is 0.834. The molecule has 0 aliphatic rings. The Morgan fingerprint density at radius 3 is 2.94 bits per heavy atom. The van der Waals surface area contributed by atoms with Crippen molar-refractivity contribution in [1.82, 2.24) is 10.2 Å². The molecule has 0 atom stereocenters. The van der Waals surface area contributed by atoms with E-state index in [0.29, 0.717) is 5.82 Å². The fraction of sp³-hybridized carbons (Fsp3) is 0.167. The van der Waals surface area contributed by atoms with Gasteiger partial charge in [-0.3, -0.25) is 9.89 Å². The number of nitrogens with zero attached hydrogens (tertiary/aromatic N) is 1. The van der Waals surface area contributed by atoms with Gasteiger partial charge in [0.25, 0.3) is 5.91 Å². The Balaban J connectivity index is 1.87. The number of anilines is 1. The van der Waals surface area contributed by atoms with Crippen LogP contribution in [0.25, 0.3) is 0 Å². The molecule has 0 spiro atoms. The van der Waals surface area contributed by atoms with E-state index in [-0.39, 0.29) is 12.4 Å². The summed E-state index contributed by atoms with van der Waals surface area (Å²) >= 11 is 0. The molecule has 0 saturated heterocycles. The number of aromatic nitrogens is 2. The van der Waals surface area contributed by atoms with Gasteiger partial charge in [-0.15, -0.1) is 0 Å². The molecule has 0 bridgehead atoms. The number of amides is 1. The molecular weight excluding hydrogens is 237 g/mol. The number of nitrogens with one attached hydrogen (secondary N) is 2. The molecule has 1 aromatic heterocycles. The number of ether oxygens (including phenoxy) is 1. The van der Waals surface area contributed by atoms with E-state index < -0.39 is 11.7 Å². The number of hydrogen-bond donors (Lipinski definition) is 2. The van der Waals surface area contributed by atoms with Crippen LogP contribution in [0, 0.1) is 12.7 Å². The summed E-state index contributed by atoms with van der Waals surface area (Å²) in [6, 6.07) is 7.59. The lowest BCUT2D eigenvalue weighted by Gasteiger charge is -2.06. The SMILES string of the molecule is Cc1cc(NC(=O)COc2ccccc2F)n[nH]1. The van der Waals surface area contributed by atoms with Gasteiger partial charge in [0.1, 0.15) is 0 Å². The highest BCUT2D eigenvalue weighted by atomic mass is 19.1. The lowest BCUT2D eigenvalue weighted by molar-refractivity contribution is -0.118. The van der Waals surface area contributed by atoms with Gasteiger partial charge in [0.2, 0.25) is 0 Å². The van der Waals surface area contributed by atoms with Gasteiger partial charge in [-0.2, -0.15) is 5.10 Å². The number of benzene rings is 1. The normalized spacial score (nSPS) is 10.1. The van der Waals surface area contributed by atoms with Crippen LogP contribution in [0.4, 0.5) is 10.2 Å². The topological polar surface area (TPSA) is 67.0 Å². The summed E-state index contributed by atoms with van der Waals surface area (Å²) in [7, 11) is 0. The van der Waals surface area contributed by atoms with Crippen molar-refractivity contribution in [3.63, 3.8) is 0 Å². The van der Waals surface area contributed by atoms with Crippen LogP contribution in [0.1, 0.15) is 5.69 Å². The number of H-pyrrole nitrogens is 1. The molecule has 0 unspecified atom stereocenters. The molecule has 94 valence electrons. The zero-order valence-corrected chi connectivity index (χ0v) is 9.74. The third-order valence-corrected chi connectivity index (χ3v) is 2.17. The number of rotatable bonds is 4. The van der Waals surface area contributed by atoms with Crippen LogP contribution in [-0.4, -0.2) is 22.7 Å². The third kappa shape index (κ3) is 3.07.